The summed E-state index contributed by atoms with van der Waals surface area (Å²) in [4.78, 5) is 25.7. The van der Waals surface area contributed by atoms with Gasteiger partial charge in [0.15, 0.2) is 6.61 Å². The number of carboxylic acids is 1. The van der Waals surface area contributed by atoms with E-state index in [0.29, 0.717) is 22.6 Å². The van der Waals surface area contributed by atoms with Gasteiger partial charge in [0.05, 0.1) is 0 Å². The molecule has 0 spiro atoms. The lowest BCUT2D eigenvalue weighted by Gasteiger charge is -2.09. The Morgan fingerprint density at radius 2 is 1.81 bits per heavy atom. The second kappa shape index (κ2) is 7.36. The number of aliphatic carboxylic acids is 1. The van der Waals surface area contributed by atoms with Crippen molar-refractivity contribution >= 4 is 5.97 Å². The van der Waals surface area contributed by atoms with E-state index in [0.717, 1.165) is 5.56 Å². The van der Waals surface area contributed by atoms with Gasteiger partial charge in [-0.2, -0.15) is 5.26 Å². The maximum atomic E-state index is 12.4. The summed E-state index contributed by atoms with van der Waals surface area (Å²) in [5.41, 5.74) is 2.00. The van der Waals surface area contributed by atoms with Gasteiger partial charge in [0.1, 0.15) is 17.4 Å². The van der Waals surface area contributed by atoms with Crippen LogP contribution in [0.5, 0.6) is 5.75 Å². The smallest absolute Gasteiger partial charge is 0.341 e. The van der Waals surface area contributed by atoms with Crippen molar-refractivity contribution in [1.29, 1.82) is 5.26 Å². The molecular formula is C20H14N2O4. The van der Waals surface area contributed by atoms with Crippen molar-refractivity contribution in [1.82, 2.24) is 4.98 Å². The highest BCUT2D eigenvalue weighted by atomic mass is 16.5. The number of nitrogens with zero attached hydrogens (tertiary/aromatic N) is 1. The quantitative estimate of drug-likeness (QED) is 0.739. The standard InChI is InChI=1S/C20H14N2O4/c21-11-17-16(13-5-2-1-3-6-13)10-18(22-20(17)25)14-7-4-8-15(9-14)26-12-19(23)24/h1-10H,12H2,(H,22,25)(H,23,24). The number of carboxylic acid groups (broad SMARTS) is 1. The number of H-pyrrole nitrogens is 1. The number of carbonyl (C=O) groups is 1. The number of hydrogen-bond acceptors (Lipinski definition) is 4. The first-order valence-corrected chi connectivity index (χ1v) is 7.76. The molecule has 0 fully saturated rings. The number of benzene rings is 2. The van der Waals surface area contributed by atoms with Crippen LogP contribution in [0.15, 0.2) is 65.5 Å². The summed E-state index contributed by atoms with van der Waals surface area (Å²) in [6.07, 6.45) is 0. The van der Waals surface area contributed by atoms with E-state index in [1.807, 2.05) is 36.4 Å². The molecule has 1 aromatic heterocycles. The molecule has 0 saturated carbocycles. The van der Waals surface area contributed by atoms with Crippen molar-refractivity contribution in [2.24, 2.45) is 0 Å². The van der Waals surface area contributed by atoms with Crippen molar-refractivity contribution in [2.75, 3.05) is 6.61 Å². The SMILES string of the molecule is N#Cc1c(-c2ccccc2)cc(-c2cccc(OCC(=O)O)c2)[nH]c1=O. The summed E-state index contributed by atoms with van der Waals surface area (Å²) < 4.78 is 5.18. The van der Waals surface area contributed by atoms with Gasteiger partial charge >= 0.3 is 5.97 Å². The van der Waals surface area contributed by atoms with Gasteiger partial charge in [-0.3, -0.25) is 4.79 Å². The summed E-state index contributed by atoms with van der Waals surface area (Å²) in [6, 6.07) is 19.6. The van der Waals surface area contributed by atoms with Crippen LogP contribution in [0.2, 0.25) is 0 Å². The lowest BCUT2D eigenvalue weighted by atomic mass is 9.99. The molecule has 6 heteroatoms. The fourth-order valence-corrected chi connectivity index (χ4v) is 2.57. The molecule has 0 saturated heterocycles. The highest BCUT2D eigenvalue weighted by Gasteiger charge is 2.12. The van der Waals surface area contributed by atoms with Crippen LogP contribution >= 0.6 is 0 Å². The van der Waals surface area contributed by atoms with Gasteiger partial charge in [0, 0.05) is 16.8 Å². The van der Waals surface area contributed by atoms with E-state index >= 15 is 0 Å². The van der Waals surface area contributed by atoms with Crippen LogP contribution in [-0.2, 0) is 4.79 Å². The van der Waals surface area contributed by atoms with Crippen molar-refractivity contribution in [3.63, 3.8) is 0 Å². The van der Waals surface area contributed by atoms with E-state index in [-0.39, 0.29) is 5.56 Å². The van der Waals surface area contributed by atoms with Gasteiger partial charge in [-0.05, 0) is 23.8 Å². The molecule has 0 aliphatic carbocycles. The van der Waals surface area contributed by atoms with E-state index in [1.165, 1.54) is 0 Å². The van der Waals surface area contributed by atoms with Crippen LogP contribution < -0.4 is 10.3 Å². The monoisotopic (exact) mass is 346 g/mol. The van der Waals surface area contributed by atoms with E-state index in [2.05, 4.69) is 4.98 Å². The number of hydrogen-bond donors (Lipinski definition) is 2. The number of aromatic amines is 1. The number of nitriles is 1. The highest BCUT2D eigenvalue weighted by molar-refractivity contribution is 5.75. The van der Waals surface area contributed by atoms with Gasteiger partial charge in [-0.25, -0.2) is 4.79 Å². The zero-order chi connectivity index (χ0) is 18.5. The molecule has 0 aliphatic rings. The third kappa shape index (κ3) is 3.62. The minimum absolute atomic E-state index is 0.0400. The zero-order valence-corrected chi connectivity index (χ0v) is 13.6. The number of pyridine rings is 1. The maximum absolute atomic E-state index is 12.4. The molecule has 2 N–H and O–H groups in total. The van der Waals surface area contributed by atoms with Gasteiger partial charge in [-0.1, -0.05) is 42.5 Å². The summed E-state index contributed by atoms with van der Waals surface area (Å²) >= 11 is 0. The third-order valence-electron chi connectivity index (χ3n) is 3.74. The van der Waals surface area contributed by atoms with Crippen LogP contribution in [0.1, 0.15) is 5.56 Å². The lowest BCUT2D eigenvalue weighted by Crippen LogP contribution is -2.13. The van der Waals surface area contributed by atoms with Gasteiger partial charge in [0.25, 0.3) is 5.56 Å². The second-order valence-electron chi connectivity index (χ2n) is 5.49. The summed E-state index contributed by atoms with van der Waals surface area (Å²) in [6.45, 7) is -0.456. The van der Waals surface area contributed by atoms with Crippen molar-refractivity contribution in [2.45, 2.75) is 0 Å². The first-order valence-electron chi connectivity index (χ1n) is 7.76. The Labute approximate surface area is 148 Å². The Bertz CT molecular complexity index is 1050. The second-order valence-corrected chi connectivity index (χ2v) is 5.49. The van der Waals surface area contributed by atoms with Gasteiger partial charge in [-0.15, -0.1) is 0 Å². The summed E-state index contributed by atoms with van der Waals surface area (Å²) in [5.74, 6) is -0.704. The van der Waals surface area contributed by atoms with Crippen LogP contribution in [0.4, 0.5) is 0 Å². The maximum Gasteiger partial charge on any atom is 0.341 e. The first-order chi connectivity index (χ1) is 12.6. The van der Waals surface area contributed by atoms with Crippen molar-refractivity contribution < 1.29 is 14.6 Å². The molecule has 1 heterocycles. The number of rotatable bonds is 5. The fraction of sp³-hybridized carbons (Fsp3) is 0.0500. The van der Waals surface area contributed by atoms with E-state index in [1.54, 1.807) is 30.3 Å². The van der Waals surface area contributed by atoms with Crippen LogP contribution in [0.25, 0.3) is 22.4 Å². The topological polar surface area (TPSA) is 103 Å². The lowest BCUT2D eigenvalue weighted by molar-refractivity contribution is -0.139. The van der Waals surface area contributed by atoms with Gasteiger partial charge in [0.2, 0.25) is 0 Å². The van der Waals surface area contributed by atoms with E-state index < -0.39 is 18.1 Å². The first kappa shape index (κ1) is 17.0. The summed E-state index contributed by atoms with van der Waals surface area (Å²) in [7, 11) is 0. The van der Waals surface area contributed by atoms with Crippen LogP contribution in [0, 0.1) is 11.3 Å². The Morgan fingerprint density at radius 1 is 1.08 bits per heavy atom. The molecule has 2 aromatic carbocycles. The van der Waals surface area contributed by atoms with Crippen LogP contribution in [-0.4, -0.2) is 22.7 Å². The molecule has 0 radical (unpaired) electrons. The zero-order valence-electron chi connectivity index (χ0n) is 13.6. The van der Waals surface area contributed by atoms with Crippen LogP contribution in [0.3, 0.4) is 0 Å². The third-order valence-corrected chi connectivity index (χ3v) is 3.74. The fourth-order valence-electron chi connectivity index (χ4n) is 2.57. The minimum atomic E-state index is -1.08. The predicted molar refractivity (Wildman–Crippen MR) is 95.8 cm³/mol. The van der Waals surface area contributed by atoms with E-state index in [9.17, 15) is 14.9 Å². The number of nitrogens with one attached hydrogen (secondary N) is 1. The molecule has 3 rings (SSSR count). The Kier molecular flexibility index (Phi) is 4.81. The normalized spacial score (nSPS) is 10.1. The average Bonchev–Trinajstić information content (AvgIpc) is 2.66. The Balaban J connectivity index is 2.08. The largest absolute Gasteiger partial charge is 0.482 e. The molecular weight excluding hydrogens is 332 g/mol. The predicted octanol–water partition coefficient (Wildman–Crippen LogP) is 3.04. The van der Waals surface area contributed by atoms with Crippen molar-refractivity contribution in [3.05, 3.63) is 76.6 Å². The number of ether oxygens (including phenoxy) is 1. The molecule has 0 aliphatic heterocycles. The Morgan fingerprint density at radius 3 is 2.50 bits per heavy atom. The summed E-state index contributed by atoms with van der Waals surface area (Å²) in [5, 5.41) is 18.1. The molecule has 0 amide bonds. The average molecular weight is 346 g/mol. The number of aromatic nitrogens is 1. The molecule has 0 atom stereocenters. The van der Waals surface area contributed by atoms with Crippen molar-refractivity contribution in [3.8, 4) is 34.2 Å². The molecule has 0 unspecified atom stereocenters. The molecule has 6 nitrogen and oxygen atoms in total. The molecule has 3 aromatic rings. The molecule has 128 valence electrons. The highest BCUT2D eigenvalue weighted by Crippen LogP contribution is 2.27. The molecule has 0 bridgehead atoms. The Hall–Kier alpha value is -3.85. The van der Waals surface area contributed by atoms with Gasteiger partial charge < -0.3 is 14.8 Å². The molecule has 26 heavy (non-hydrogen) atoms. The minimum Gasteiger partial charge on any atom is -0.482 e. The van der Waals surface area contributed by atoms with E-state index in [4.69, 9.17) is 9.84 Å².